The van der Waals surface area contributed by atoms with E-state index in [4.69, 9.17) is 10.8 Å². The molecule has 0 spiro atoms. The molecule has 1 aliphatic carbocycles. The summed E-state index contributed by atoms with van der Waals surface area (Å²) in [7, 11) is 0. The summed E-state index contributed by atoms with van der Waals surface area (Å²) in [5, 5.41) is 8.91. The number of hydrogen-bond acceptors (Lipinski definition) is 3. The molecule has 2 atom stereocenters. The van der Waals surface area contributed by atoms with Crippen molar-refractivity contribution < 1.29 is 14.7 Å². The molecular formula is C14H16N2O3. The average Bonchev–Trinajstić information content (AvgIpc) is 3.09. The van der Waals surface area contributed by atoms with E-state index in [1.807, 2.05) is 18.2 Å². The first-order valence-corrected chi connectivity index (χ1v) is 6.45. The lowest BCUT2D eigenvalue weighted by Crippen LogP contribution is -2.29. The topological polar surface area (TPSA) is 83.6 Å². The molecule has 3 rings (SSSR count). The van der Waals surface area contributed by atoms with E-state index in [1.165, 1.54) is 0 Å². The van der Waals surface area contributed by atoms with Crippen LogP contribution < -0.4 is 10.6 Å². The molecule has 0 bridgehead atoms. The molecule has 1 saturated carbocycles. The molecule has 100 valence electrons. The van der Waals surface area contributed by atoms with Crippen molar-refractivity contribution in [2.45, 2.75) is 19.4 Å². The van der Waals surface area contributed by atoms with Gasteiger partial charge in [0.25, 0.3) is 0 Å². The number of anilines is 1. The van der Waals surface area contributed by atoms with Gasteiger partial charge >= 0.3 is 5.97 Å². The molecule has 3 N–H and O–H groups in total. The van der Waals surface area contributed by atoms with Gasteiger partial charge in [0, 0.05) is 18.8 Å². The Labute approximate surface area is 111 Å². The number of hydrogen-bond donors (Lipinski definition) is 2. The summed E-state index contributed by atoms with van der Waals surface area (Å²) in [5.41, 5.74) is 8.52. The van der Waals surface area contributed by atoms with E-state index < -0.39 is 5.97 Å². The third-order valence-electron chi connectivity index (χ3n) is 3.97. The third-order valence-corrected chi connectivity index (χ3v) is 3.97. The highest BCUT2D eigenvalue weighted by Gasteiger charge is 2.45. The Kier molecular flexibility index (Phi) is 2.78. The van der Waals surface area contributed by atoms with Crippen LogP contribution in [0.3, 0.4) is 0 Å². The monoisotopic (exact) mass is 260 g/mol. The Balaban J connectivity index is 1.78. The summed E-state index contributed by atoms with van der Waals surface area (Å²) in [6.07, 6.45) is 1.07. The second-order valence-corrected chi connectivity index (χ2v) is 5.29. The van der Waals surface area contributed by atoms with E-state index in [0.717, 1.165) is 16.8 Å². The van der Waals surface area contributed by atoms with E-state index in [2.05, 4.69) is 0 Å². The molecule has 1 aromatic rings. The molecule has 2 unspecified atom stereocenters. The van der Waals surface area contributed by atoms with E-state index in [9.17, 15) is 9.59 Å². The van der Waals surface area contributed by atoms with Gasteiger partial charge in [-0.05, 0) is 29.5 Å². The fraction of sp³-hybridized carbons (Fsp3) is 0.429. The van der Waals surface area contributed by atoms with Gasteiger partial charge in [0.05, 0.1) is 12.3 Å². The van der Waals surface area contributed by atoms with Gasteiger partial charge < -0.3 is 15.7 Å². The maximum atomic E-state index is 12.0. The lowest BCUT2D eigenvalue weighted by Gasteiger charge is -2.17. The number of benzene rings is 1. The van der Waals surface area contributed by atoms with Crippen LogP contribution in [0.5, 0.6) is 0 Å². The van der Waals surface area contributed by atoms with Gasteiger partial charge in [-0.3, -0.25) is 9.59 Å². The molecular weight excluding hydrogens is 244 g/mol. The van der Waals surface area contributed by atoms with Gasteiger partial charge in [-0.1, -0.05) is 12.1 Å². The SMILES string of the molecule is NCc1ccc2c(c1)CC(=O)N2CC1CC1C(=O)O. The van der Waals surface area contributed by atoms with Crippen LogP contribution in [0.25, 0.3) is 0 Å². The molecule has 2 aliphatic rings. The number of carbonyl (C=O) groups excluding carboxylic acids is 1. The van der Waals surface area contributed by atoms with Crippen molar-refractivity contribution in [3.05, 3.63) is 29.3 Å². The zero-order chi connectivity index (χ0) is 13.6. The molecule has 0 saturated heterocycles. The Bertz CT molecular complexity index is 556. The number of amides is 1. The van der Waals surface area contributed by atoms with Gasteiger partial charge in [-0.15, -0.1) is 0 Å². The van der Waals surface area contributed by atoms with Gasteiger partial charge in [-0.2, -0.15) is 0 Å². The van der Waals surface area contributed by atoms with E-state index in [0.29, 0.717) is 25.9 Å². The van der Waals surface area contributed by atoms with Gasteiger partial charge in [0.1, 0.15) is 0 Å². The zero-order valence-electron chi connectivity index (χ0n) is 10.5. The molecule has 1 amide bonds. The van der Waals surface area contributed by atoms with Crippen LogP contribution in [-0.2, 0) is 22.6 Å². The van der Waals surface area contributed by atoms with Crippen LogP contribution in [0.1, 0.15) is 17.5 Å². The number of aliphatic carboxylic acids is 1. The summed E-state index contributed by atoms with van der Waals surface area (Å²) < 4.78 is 0. The molecule has 5 nitrogen and oxygen atoms in total. The Morgan fingerprint density at radius 3 is 2.89 bits per heavy atom. The Morgan fingerprint density at radius 2 is 2.26 bits per heavy atom. The minimum atomic E-state index is -0.754. The van der Waals surface area contributed by atoms with Gasteiger partial charge in [0.2, 0.25) is 5.91 Å². The smallest absolute Gasteiger partial charge is 0.306 e. The van der Waals surface area contributed by atoms with Crippen LogP contribution >= 0.6 is 0 Å². The van der Waals surface area contributed by atoms with Crippen molar-refractivity contribution in [2.24, 2.45) is 17.6 Å². The lowest BCUT2D eigenvalue weighted by atomic mass is 10.1. The summed E-state index contributed by atoms with van der Waals surface area (Å²) in [5.74, 6) is -0.877. The molecule has 19 heavy (non-hydrogen) atoms. The fourth-order valence-corrected chi connectivity index (χ4v) is 2.75. The summed E-state index contributed by atoms with van der Waals surface area (Å²) >= 11 is 0. The predicted octanol–water partition coefficient (Wildman–Crippen LogP) is 0.755. The van der Waals surface area contributed by atoms with Crippen LogP contribution in [0, 0.1) is 11.8 Å². The van der Waals surface area contributed by atoms with E-state index >= 15 is 0 Å². The van der Waals surface area contributed by atoms with Crippen LogP contribution in [0.4, 0.5) is 5.69 Å². The number of carboxylic acid groups (broad SMARTS) is 1. The summed E-state index contributed by atoms with van der Waals surface area (Å²) in [4.78, 5) is 24.6. The van der Waals surface area contributed by atoms with E-state index in [-0.39, 0.29) is 17.7 Å². The largest absolute Gasteiger partial charge is 0.481 e. The van der Waals surface area contributed by atoms with Crippen molar-refractivity contribution in [2.75, 3.05) is 11.4 Å². The van der Waals surface area contributed by atoms with Crippen molar-refractivity contribution in [1.82, 2.24) is 0 Å². The molecule has 1 heterocycles. The van der Waals surface area contributed by atoms with Crippen molar-refractivity contribution in [3.8, 4) is 0 Å². The Hall–Kier alpha value is -1.88. The maximum Gasteiger partial charge on any atom is 0.306 e. The molecule has 0 aromatic heterocycles. The quantitative estimate of drug-likeness (QED) is 0.837. The van der Waals surface area contributed by atoms with Crippen molar-refractivity contribution in [1.29, 1.82) is 0 Å². The van der Waals surface area contributed by atoms with Crippen molar-refractivity contribution in [3.63, 3.8) is 0 Å². The summed E-state index contributed by atoms with van der Waals surface area (Å²) in [6, 6.07) is 5.81. The first-order chi connectivity index (χ1) is 9.10. The minimum absolute atomic E-state index is 0.0558. The Morgan fingerprint density at radius 1 is 1.47 bits per heavy atom. The van der Waals surface area contributed by atoms with E-state index in [1.54, 1.807) is 4.90 Å². The highest BCUT2D eigenvalue weighted by atomic mass is 16.4. The average molecular weight is 260 g/mol. The second kappa shape index (κ2) is 4.35. The van der Waals surface area contributed by atoms with Crippen molar-refractivity contribution >= 4 is 17.6 Å². The molecule has 5 heteroatoms. The normalized spacial score (nSPS) is 24.5. The highest BCUT2D eigenvalue weighted by molar-refractivity contribution is 6.01. The third kappa shape index (κ3) is 2.10. The van der Waals surface area contributed by atoms with Crippen LogP contribution in [-0.4, -0.2) is 23.5 Å². The molecule has 1 aliphatic heterocycles. The zero-order valence-corrected chi connectivity index (χ0v) is 10.5. The van der Waals surface area contributed by atoms with Gasteiger partial charge in [0.15, 0.2) is 0 Å². The number of nitrogens with two attached hydrogens (primary N) is 1. The molecule has 1 fully saturated rings. The number of rotatable bonds is 4. The first-order valence-electron chi connectivity index (χ1n) is 6.45. The summed E-state index contributed by atoms with van der Waals surface area (Å²) in [6.45, 7) is 0.982. The number of nitrogens with zero attached hydrogens (tertiary/aromatic N) is 1. The number of carboxylic acids is 1. The van der Waals surface area contributed by atoms with Gasteiger partial charge in [-0.25, -0.2) is 0 Å². The standard InChI is InChI=1S/C14H16N2O3/c15-6-8-1-2-12-9(3-8)5-13(17)16(12)7-10-4-11(10)14(18)19/h1-3,10-11H,4-7,15H2,(H,18,19). The maximum absolute atomic E-state index is 12.0. The second-order valence-electron chi connectivity index (χ2n) is 5.29. The van der Waals surface area contributed by atoms with Crippen LogP contribution in [0.2, 0.25) is 0 Å². The lowest BCUT2D eigenvalue weighted by molar-refractivity contribution is -0.138. The highest BCUT2D eigenvalue weighted by Crippen LogP contribution is 2.41. The predicted molar refractivity (Wildman–Crippen MR) is 69.6 cm³/mol. The molecule has 0 radical (unpaired) electrons. The number of carbonyl (C=O) groups is 2. The minimum Gasteiger partial charge on any atom is -0.481 e. The first kappa shape index (κ1) is 12.2. The molecule has 1 aromatic carbocycles. The van der Waals surface area contributed by atoms with Crippen LogP contribution in [0.15, 0.2) is 18.2 Å². The number of fused-ring (bicyclic) bond motifs is 1. The fourth-order valence-electron chi connectivity index (χ4n) is 2.75.